The largest absolute Gasteiger partial charge is 0.391 e. The van der Waals surface area contributed by atoms with Crippen LogP contribution in [0.2, 0.25) is 0 Å². The first kappa shape index (κ1) is 14.8. The Morgan fingerprint density at radius 1 is 1.13 bits per heavy atom. The van der Waals surface area contributed by atoms with Crippen LogP contribution < -0.4 is 5.56 Å². The summed E-state index contributed by atoms with van der Waals surface area (Å²) in [7, 11) is 0. The quantitative estimate of drug-likeness (QED) is 0.661. The average Bonchev–Trinajstić information content (AvgIpc) is 2.57. The van der Waals surface area contributed by atoms with Gasteiger partial charge < -0.3 is 5.11 Å². The lowest BCUT2D eigenvalue weighted by atomic mass is 9.92. The maximum atomic E-state index is 13.0. The Balaban J connectivity index is 1.98. The summed E-state index contributed by atoms with van der Waals surface area (Å²) in [5.41, 5.74) is 0.641. The third-order valence-corrected chi connectivity index (χ3v) is 5.45. The molecule has 2 atom stereocenters. The normalized spacial score (nSPS) is 21.8. The number of aliphatic hydroxyl groups is 1. The molecule has 5 heteroatoms. The minimum Gasteiger partial charge on any atom is -0.391 e. The SMILES string of the molecule is O=c1c2cc(Br)c3ccccc3c2ncn1[C@H]1CCCC[C@@H]1O. The predicted octanol–water partition coefficient (Wildman–Crippen LogP) is 3.79. The Bertz CT molecular complexity index is 951. The Labute approximate surface area is 141 Å². The van der Waals surface area contributed by atoms with E-state index in [1.54, 1.807) is 10.9 Å². The number of fused-ring (bicyclic) bond motifs is 3. The van der Waals surface area contributed by atoms with Crippen LogP contribution in [0.3, 0.4) is 0 Å². The minimum absolute atomic E-state index is 0.0765. The van der Waals surface area contributed by atoms with Crippen molar-refractivity contribution in [1.29, 1.82) is 0 Å². The van der Waals surface area contributed by atoms with Crippen molar-refractivity contribution >= 4 is 37.6 Å². The summed E-state index contributed by atoms with van der Waals surface area (Å²) in [5.74, 6) is 0. The molecule has 0 bridgehead atoms. The van der Waals surface area contributed by atoms with E-state index >= 15 is 0 Å². The zero-order valence-corrected chi connectivity index (χ0v) is 14.2. The van der Waals surface area contributed by atoms with Crippen molar-refractivity contribution in [2.45, 2.75) is 37.8 Å². The highest BCUT2D eigenvalue weighted by atomic mass is 79.9. The fraction of sp³-hybridized carbons (Fsp3) is 0.333. The van der Waals surface area contributed by atoms with Gasteiger partial charge in [0.15, 0.2) is 0 Å². The number of nitrogens with zero attached hydrogens (tertiary/aromatic N) is 2. The van der Waals surface area contributed by atoms with Gasteiger partial charge in [0.05, 0.1) is 29.4 Å². The van der Waals surface area contributed by atoms with E-state index in [-0.39, 0.29) is 11.6 Å². The molecule has 1 aromatic heterocycles. The summed E-state index contributed by atoms with van der Waals surface area (Å²) < 4.78 is 2.51. The molecule has 0 spiro atoms. The van der Waals surface area contributed by atoms with Crippen LogP contribution in [0, 0.1) is 0 Å². The average molecular weight is 373 g/mol. The molecule has 4 nitrogen and oxygen atoms in total. The molecule has 118 valence electrons. The molecule has 0 unspecified atom stereocenters. The molecule has 1 heterocycles. The molecule has 2 aromatic carbocycles. The van der Waals surface area contributed by atoms with Crippen molar-refractivity contribution in [3.05, 3.63) is 51.5 Å². The number of benzene rings is 2. The Morgan fingerprint density at radius 2 is 1.87 bits per heavy atom. The van der Waals surface area contributed by atoms with Crippen molar-refractivity contribution < 1.29 is 5.11 Å². The van der Waals surface area contributed by atoms with Gasteiger partial charge in [-0.05, 0) is 24.3 Å². The molecule has 1 aliphatic carbocycles. The van der Waals surface area contributed by atoms with Gasteiger partial charge in [-0.1, -0.05) is 53.0 Å². The van der Waals surface area contributed by atoms with Crippen LogP contribution in [0.4, 0.5) is 0 Å². The number of aliphatic hydroxyl groups excluding tert-OH is 1. The molecule has 0 radical (unpaired) electrons. The van der Waals surface area contributed by atoms with Crippen LogP contribution in [0.15, 0.2) is 45.9 Å². The van der Waals surface area contributed by atoms with E-state index in [1.165, 1.54) is 0 Å². The van der Waals surface area contributed by atoms with Crippen molar-refractivity contribution in [1.82, 2.24) is 9.55 Å². The van der Waals surface area contributed by atoms with Gasteiger partial charge >= 0.3 is 0 Å². The first-order valence-electron chi connectivity index (χ1n) is 7.93. The van der Waals surface area contributed by atoms with E-state index in [0.717, 1.165) is 46.4 Å². The Morgan fingerprint density at radius 3 is 2.65 bits per heavy atom. The van der Waals surface area contributed by atoms with E-state index in [9.17, 15) is 9.90 Å². The van der Waals surface area contributed by atoms with Crippen molar-refractivity contribution in [3.63, 3.8) is 0 Å². The van der Waals surface area contributed by atoms with Crippen LogP contribution >= 0.6 is 15.9 Å². The lowest BCUT2D eigenvalue weighted by molar-refractivity contribution is 0.0735. The third-order valence-electron chi connectivity index (χ3n) is 4.79. The van der Waals surface area contributed by atoms with Crippen LogP contribution in [0.5, 0.6) is 0 Å². The maximum Gasteiger partial charge on any atom is 0.261 e. The molecular weight excluding hydrogens is 356 g/mol. The van der Waals surface area contributed by atoms with Gasteiger partial charge in [0.2, 0.25) is 0 Å². The smallest absolute Gasteiger partial charge is 0.261 e. The molecule has 0 aliphatic heterocycles. The van der Waals surface area contributed by atoms with Crippen LogP contribution in [-0.2, 0) is 0 Å². The van der Waals surface area contributed by atoms with E-state index in [2.05, 4.69) is 20.9 Å². The van der Waals surface area contributed by atoms with Gasteiger partial charge in [0.25, 0.3) is 5.56 Å². The minimum atomic E-state index is -0.468. The second kappa shape index (κ2) is 5.73. The summed E-state index contributed by atoms with van der Waals surface area (Å²) in [5, 5.41) is 12.8. The third kappa shape index (κ3) is 2.39. The summed E-state index contributed by atoms with van der Waals surface area (Å²) in [6, 6.07) is 9.59. The standard InChI is InChI=1S/C18H17BrN2O2/c19-14-9-13-17(12-6-2-1-5-11(12)14)20-10-21(18(13)23)15-7-3-4-8-16(15)22/h1-2,5-6,9-10,15-16,22H,3-4,7-8H2/t15-,16-/m0/s1. The second-order valence-electron chi connectivity index (χ2n) is 6.18. The van der Waals surface area contributed by atoms with E-state index in [0.29, 0.717) is 5.39 Å². The lowest BCUT2D eigenvalue weighted by Crippen LogP contribution is -2.34. The fourth-order valence-corrected chi connectivity index (χ4v) is 4.16. The molecule has 23 heavy (non-hydrogen) atoms. The van der Waals surface area contributed by atoms with E-state index in [1.807, 2.05) is 30.3 Å². The van der Waals surface area contributed by atoms with Crippen molar-refractivity contribution in [2.75, 3.05) is 0 Å². The molecule has 4 rings (SSSR count). The van der Waals surface area contributed by atoms with E-state index in [4.69, 9.17) is 0 Å². The second-order valence-corrected chi connectivity index (χ2v) is 7.03. The summed E-state index contributed by atoms with van der Waals surface area (Å²) in [6.07, 6.45) is 4.76. The highest BCUT2D eigenvalue weighted by molar-refractivity contribution is 9.10. The highest BCUT2D eigenvalue weighted by Crippen LogP contribution is 2.31. The van der Waals surface area contributed by atoms with E-state index < -0.39 is 6.10 Å². The van der Waals surface area contributed by atoms with Crippen molar-refractivity contribution in [2.24, 2.45) is 0 Å². The number of halogens is 1. The van der Waals surface area contributed by atoms with Gasteiger partial charge in [0, 0.05) is 9.86 Å². The van der Waals surface area contributed by atoms with Crippen LogP contribution in [-0.4, -0.2) is 20.8 Å². The number of aromatic nitrogens is 2. The summed E-state index contributed by atoms with van der Waals surface area (Å²) in [4.78, 5) is 17.5. The van der Waals surface area contributed by atoms with Gasteiger partial charge in [-0.3, -0.25) is 9.36 Å². The lowest BCUT2D eigenvalue weighted by Gasteiger charge is -2.29. The molecule has 0 amide bonds. The first-order valence-corrected chi connectivity index (χ1v) is 8.72. The number of rotatable bonds is 1. The zero-order chi connectivity index (χ0) is 16.0. The predicted molar refractivity (Wildman–Crippen MR) is 94.7 cm³/mol. The molecule has 1 aliphatic rings. The fourth-order valence-electron chi connectivity index (χ4n) is 3.58. The molecule has 1 saturated carbocycles. The molecule has 1 N–H and O–H groups in total. The first-order chi connectivity index (χ1) is 11.2. The highest BCUT2D eigenvalue weighted by Gasteiger charge is 2.26. The van der Waals surface area contributed by atoms with Gasteiger partial charge in [-0.15, -0.1) is 0 Å². The van der Waals surface area contributed by atoms with Crippen molar-refractivity contribution in [3.8, 4) is 0 Å². The Kier molecular flexibility index (Phi) is 3.70. The van der Waals surface area contributed by atoms with Crippen LogP contribution in [0.25, 0.3) is 21.7 Å². The van der Waals surface area contributed by atoms with Gasteiger partial charge in [-0.25, -0.2) is 4.98 Å². The monoisotopic (exact) mass is 372 g/mol. The number of hydrogen-bond acceptors (Lipinski definition) is 3. The molecule has 0 saturated heterocycles. The molecule has 3 aromatic rings. The summed E-state index contributed by atoms with van der Waals surface area (Å²) >= 11 is 3.56. The molecule has 1 fully saturated rings. The van der Waals surface area contributed by atoms with Gasteiger partial charge in [-0.2, -0.15) is 0 Å². The maximum absolute atomic E-state index is 13.0. The number of hydrogen-bond donors (Lipinski definition) is 1. The zero-order valence-electron chi connectivity index (χ0n) is 12.6. The topological polar surface area (TPSA) is 55.1 Å². The van der Waals surface area contributed by atoms with Gasteiger partial charge in [0.1, 0.15) is 0 Å². The molecular formula is C18H17BrN2O2. The summed E-state index contributed by atoms with van der Waals surface area (Å²) in [6.45, 7) is 0. The Hall–Kier alpha value is -1.72. The van der Waals surface area contributed by atoms with Crippen LogP contribution in [0.1, 0.15) is 31.7 Å².